The van der Waals surface area contributed by atoms with Crippen LogP contribution in [-0.4, -0.2) is 4.57 Å². The van der Waals surface area contributed by atoms with Crippen LogP contribution in [0, 0.1) is 0 Å². The fourth-order valence-corrected chi connectivity index (χ4v) is 8.04. The van der Waals surface area contributed by atoms with Gasteiger partial charge in [0.25, 0.3) is 0 Å². The van der Waals surface area contributed by atoms with E-state index in [2.05, 4.69) is 228 Å². The lowest BCUT2D eigenvalue weighted by atomic mass is 9.99. The van der Waals surface area contributed by atoms with Crippen LogP contribution in [-0.2, 0) is 0 Å². The second kappa shape index (κ2) is 13.4. The highest BCUT2D eigenvalue weighted by atomic mass is 15.1. The van der Waals surface area contributed by atoms with Crippen molar-refractivity contribution in [3.8, 4) is 39.1 Å². The molecule has 254 valence electrons. The first-order valence-corrected chi connectivity index (χ1v) is 18.5. The first-order valence-electron chi connectivity index (χ1n) is 18.5. The molecule has 1 heterocycles. The lowest BCUT2D eigenvalue weighted by molar-refractivity contribution is 1.18. The van der Waals surface area contributed by atoms with Crippen molar-refractivity contribution in [2.45, 2.75) is 0 Å². The fourth-order valence-electron chi connectivity index (χ4n) is 8.04. The third-order valence-electron chi connectivity index (χ3n) is 10.6. The normalized spacial score (nSPS) is 11.3. The van der Waals surface area contributed by atoms with E-state index < -0.39 is 0 Å². The van der Waals surface area contributed by atoms with Crippen LogP contribution in [0.5, 0.6) is 0 Å². The summed E-state index contributed by atoms with van der Waals surface area (Å²) in [5.41, 5.74) is 14.1. The van der Waals surface area contributed by atoms with Gasteiger partial charge in [-0.25, -0.2) is 0 Å². The van der Waals surface area contributed by atoms with Crippen LogP contribution in [0.2, 0.25) is 0 Å². The van der Waals surface area contributed by atoms with Crippen molar-refractivity contribution in [3.63, 3.8) is 0 Å². The van der Waals surface area contributed by atoms with E-state index >= 15 is 0 Å². The number of para-hydroxylation sites is 3. The topological polar surface area (TPSA) is 8.17 Å². The van der Waals surface area contributed by atoms with Gasteiger partial charge in [0, 0.05) is 33.4 Å². The van der Waals surface area contributed by atoms with E-state index in [1.54, 1.807) is 0 Å². The Balaban J connectivity index is 1.05. The lowest BCUT2D eigenvalue weighted by Gasteiger charge is -2.26. The molecule has 2 heteroatoms. The Kier molecular flexibility index (Phi) is 7.85. The molecule has 0 fully saturated rings. The van der Waals surface area contributed by atoms with Gasteiger partial charge >= 0.3 is 0 Å². The van der Waals surface area contributed by atoms with Crippen LogP contribution in [0.15, 0.2) is 218 Å². The first-order chi connectivity index (χ1) is 26.8. The van der Waals surface area contributed by atoms with Gasteiger partial charge in [0.05, 0.1) is 16.7 Å². The third kappa shape index (κ3) is 5.53. The predicted octanol–water partition coefficient (Wildman–Crippen LogP) is 14.4. The van der Waals surface area contributed by atoms with Crippen LogP contribution in [0.1, 0.15) is 0 Å². The van der Waals surface area contributed by atoms with Crippen molar-refractivity contribution < 1.29 is 0 Å². The van der Waals surface area contributed by atoms with E-state index in [4.69, 9.17) is 0 Å². The summed E-state index contributed by atoms with van der Waals surface area (Å²) in [6.07, 6.45) is 0. The molecule has 0 unspecified atom stereocenters. The van der Waals surface area contributed by atoms with Gasteiger partial charge in [0.1, 0.15) is 0 Å². The molecule has 10 aromatic rings. The zero-order valence-corrected chi connectivity index (χ0v) is 29.7. The van der Waals surface area contributed by atoms with Gasteiger partial charge in [-0.2, -0.15) is 0 Å². The number of hydrogen-bond acceptors (Lipinski definition) is 1. The second-order valence-electron chi connectivity index (χ2n) is 13.8. The molecule has 0 saturated carbocycles. The van der Waals surface area contributed by atoms with Crippen molar-refractivity contribution >= 4 is 49.6 Å². The first kappa shape index (κ1) is 31.6. The molecule has 0 aliphatic heterocycles. The standard InChI is InChI=1S/C52H36N2/c1-3-15-39(16-4-1)47-22-13-25-51-52(47)48-21-10-12-24-50(48)54(51)49-23-11-9-20-46(49)40-30-34-45(35-31-40)53(43-18-5-2-6-19-43)44-32-28-38(29-33-44)42-27-26-37-14-7-8-17-41(37)36-42/h1-36H. The smallest absolute Gasteiger partial charge is 0.0547 e. The zero-order valence-electron chi connectivity index (χ0n) is 29.7. The lowest BCUT2D eigenvalue weighted by Crippen LogP contribution is -2.09. The molecule has 0 amide bonds. The molecule has 0 N–H and O–H groups in total. The Labute approximate surface area is 315 Å². The fraction of sp³-hybridized carbons (Fsp3) is 0. The Bertz CT molecular complexity index is 2910. The van der Waals surface area contributed by atoms with Crippen molar-refractivity contribution in [3.05, 3.63) is 218 Å². The summed E-state index contributed by atoms with van der Waals surface area (Å²) in [5, 5.41) is 5.03. The van der Waals surface area contributed by atoms with E-state index in [0.29, 0.717) is 0 Å². The van der Waals surface area contributed by atoms with Gasteiger partial charge in [-0.3, -0.25) is 0 Å². The SMILES string of the molecule is c1ccc(-c2cccc3c2c2ccccc2n3-c2ccccc2-c2ccc(N(c3ccccc3)c3ccc(-c4ccc5ccccc5c4)cc3)cc2)cc1. The van der Waals surface area contributed by atoms with Gasteiger partial charge in [0.2, 0.25) is 0 Å². The number of aromatic nitrogens is 1. The molecule has 54 heavy (non-hydrogen) atoms. The number of hydrogen-bond donors (Lipinski definition) is 0. The van der Waals surface area contributed by atoms with Gasteiger partial charge < -0.3 is 9.47 Å². The van der Waals surface area contributed by atoms with E-state index in [1.807, 2.05) is 0 Å². The maximum atomic E-state index is 2.44. The molecule has 0 aliphatic rings. The summed E-state index contributed by atoms with van der Waals surface area (Å²) in [6.45, 7) is 0. The summed E-state index contributed by atoms with van der Waals surface area (Å²) in [7, 11) is 0. The van der Waals surface area contributed by atoms with Gasteiger partial charge in [-0.05, 0) is 99.3 Å². The number of rotatable bonds is 7. The van der Waals surface area contributed by atoms with Crippen LogP contribution >= 0.6 is 0 Å². The number of benzene rings is 9. The van der Waals surface area contributed by atoms with Crippen molar-refractivity contribution in [1.82, 2.24) is 4.57 Å². The highest BCUT2D eigenvalue weighted by molar-refractivity contribution is 6.16. The van der Waals surface area contributed by atoms with Gasteiger partial charge in [0.15, 0.2) is 0 Å². The monoisotopic (exact) mass is 688 g/mol. The van der Waals surface area contributed by atoms with Crippen molar-refractivity contribution in [2.75, 3.05) is 4.90 Å². The number of anilines is 3. The van der Waals surface area contributed by atoms with Gasteiger partial charge in [-0.15, -0.1) is 0 Å². The van der Waals surface area contributed by atoms with Crippen LogP contribution in [0.25, 0.3) is 71.6 Å². The Hall–Kier alpha value is -7.16. The number of fused-ring (bicyclic) bond motifs is 4. The average molecular weight is 689 g/mol. The second-order valence-corrected chi connectivity index (χ2v) is 13.8. The molecule has 2 nitrogen and oxygen atoms in total. The third-order valence-corrected chi connectivity index (χ3v) is 10.6. The minimum atomic E-state index is 1.10. The minimum absolute atomic E-state index is 1.10. The molecular weight excluding hydrogens is 653 g/mol. The van der Waals surface area contributed by atoms with Crippen LogP contribution in [0.3, 0.4) is 0 Å². The summed E-state index contributed by atoms with van der Waals surface area (Å²) >= 11 is 0. The quantitative estimate of drug-likeness (QED) is 0.162. The largest absolute Gasteiger partial charge is 0.311 e. The summed E-state index contributed by atoms with van der Waals surface area (Å²) in [5.74, 6) is 0. The highest BCUT2D eigenvalue weighted by Gasteiger charge is 2.19. The van der Waals surface area contributed by atoms with Crippen molar-refractivity contribution in [2.24, 2.45) is 0 Å². The summed E-state index contributed by atoms with van der Waals surface area (Å²) in [6, 6.07) is 78.8. The molecule has 10 rings (SSSR count). The molecule has 0 atom stereocenters. The molecule has 0 radical (unpaired) electrons. The molecular formula is C52H36N2. The predicted molar refractivity (Wildman–Crippen MR) is 229 cm³/mol. The van der Waals surface area contributed by atoms with E-state index in [-0.39, 0.29) is 0 Å². The molecule has 0 saturated heterocycles. The maximum absolute atomic E-state index is 2.44. The Morgan fingerprint density at radius 2 is 0.852 bits per heavy atom. The molecule has 0 aliphatic carbocycles. The van der Waals surface area contributed by atoms with Crippen molar-refractivity contribution in [1.29, 1.82) is 0 Å². The summed E-state index contributed by atoms with van der Waals surface area (Å²) < 4.78 is 2.44. The zero-order chi connectivity index (χ0) is 35.8. The van der Waals surface area contributed by atoms with Crippen LogP contribution < -0.4 is 4.90 Å². The highest BCUT2D eigenvalue weighted by Crippen LogP contribution is 2.42. The average Bonchev–Trinajstić information content (AvgIpc) is 3.59. The van der Waals surface area contributed by atoms with Gasteiger partial charge in [-0.1, -0.05) is 158 Å². The molecule has 0 spiro atoms. The molecule has 9 aromatic carbocycles. The van der Waals surface area contributed by atoms with E-state index in [0.717, 1.165) is 22.7 Å². The van der Waals surface area contributed by atoms with E-state index in [1.165, 1.54) is 66.0 Å². The summed E-state index contributed by atoms with van der Waals surface area (Å²) in [4.78, 5) is 2.33. The minimum Gasteiger partial charge on any atom is -0.311 e. The maximum Gasteiger partial charge on any atom is 0.0547 e. The van der Waals surface area contributed by atoms with E-state index in [9.17, 15) is 0 Å². The molecule has 0 bridgehead atoms. The Morgan fingerprint density at radius 3 is 1.63 bits per heavy atom. The number of nitrogens with zero attached hydrogens (tertiary/aromatic N) is 2. The van der Waals surface area contributed by atoms with Crippen LogP contribution in [0.4, 0.5) is 17.1 Å². The Morgan fingerprint density at radius 1 is 0.315 bits per heavy atom. The molecule has 1 aromatic heterocycles.